The molecule has 0 radical (unpaired) electrons. The van der Waals surface area contributed by atoms with E-state index in [2.05, 4.69) is 10.0 Å². The number of carbonyl (C=O) groups is 2. The first-order valence-corrected chi connectivity index (χ1v) is 14.2. The molecule has 0 spiro atoms. The van der Waals surface area contributed by atoms with Crippen LogP contribution in [-0.4, -0.2) is 50.1 Å². The van der Waals surface area contributed by atoms with Crippen LogP contribution < -0.4 is 10.0 Å². The van der Waals surface area contributed by atoms with Crippen LogP contribution in [0.3, 0.4) is 0 Å². The highest BCUT2D eigenvalue weighted by Gasteiger charge is 2.31. The first-order chi connectivity index (χ1) is 17.2. The summed E-state index contributed by atoms with van der Waals surface area (Å²) in [5, 5.41) is 2.84. The van der Waals surface area contributed by atoms with Gasteiger partial charge in [-0.3, -0.25) is 4.79 Å². The Labute approximate surface area is 224 Å². The van der Waals surface area contributed by atoms with Crippen molar-refractivity contribution in [3.63, 3.8) is 0 Å². The number of benzene rings is 2. The van der Waals surface area contributed by atoms with Gasteiger partial charge >= 0.3 is 6.09 Å². The fourth-order valence-electron chi connectivity index (χ4n) is 4.33. The van der Waals surface area contributed by atoms with E-state index in [9.17, 15) is 18.0 Å². The maximum atomic E-state index is 13.2. The predicted molar refractivity (Wildman–Crippen MR) is 146 cm³/mol. The Hall–Kier alpha value is -2.62. The summed E-state index contributed by atoms with van der Waals surface area (Å²) in [5.41, 5.74) is 1.82. The number of rotatable bonds is 6. The summed E-state index contributed by atoms with van der Waals surface area (Å²) in [5.74, 6) is -0.238. The van der Waals surface area contributed by atoms with Crippen molar-refractivity contribution in [2.75, 3.05) is 18.4 Å². The number of aryl methyl sites for hydroxylation is 2. The van der Waals surface area contributed by atoms with Gasteiger partial charge in [0.2, 0.25) is 10.0 Å². The zero-order valence-electron chi connectivity index (χ0n) is 22.2. The standard InChI is InChI=1S/C27H36ClN3O5S/c1-17-9-7-8-10-21(17)25(32)29-23-16-22(28)24(15-18(23)2)37(34,35)30-19(3)20-11-13-31(14-12-20)26(33)36-27(4,5)6/h7-10,15-16,19-20,30H,11-14H2,1-6H3,(H,29,32). The van der Waals surface area contributed by atoms with Crippen LogP contribution in [0.5, 0.6) is 0 Å². The largest absolute Gasteiger partial charge is 0.444 e. The van der Waals surface area contributed by atoms with Gasteiger partial charge in [-0.05, 0) is 89.6 Å². The number of hydrogen-bond donors (Lipinski definition) is 2. The van der Waals surface area contributed by atoms with Gasteiger partial charge < -0.3 is 15.0 Å². The number of carbonyl (C=O) groups excluding carboxylic acids is 2. The molecule has 10 heteroatoms. The molecule has 1 fully saturated rings. The van der Waals surface area contributed by atoms with Gasteiger partial charge in [-0.15, -0.1) is 0 Å². The van der Waals surface area contributed by atoms with Gasteiger partial charge in [-0.25, -0.2) is 17.9 Å². The molecule has 1 aliphatic rings. The minimum Gasteiger partial charge on any atom is -0.444 e. The van der Waals surface area contributed by atoms with Crippen molar-refractivity contribution in [2.45, 2.75) is 70.9 Å². The highest BCUT2D eigenvalue weighted by Crippen LogP contribution is 2.30. The molecule has 0 saturated carbocycles. The summed E-state index contributed by atoms with van der Waals surface area (Å²) in [4.78, 5) is 26.7. The van der Waals surface area contributed by atoms with Crippen molar-refractivity contribution in [1.82, 2.24) is 9.62 Å². The van der Waals surface area contributed by atoms with Crippen molar-refractivity contribution in [1.29, 1.82) is 0 Å². The fraction of sp³-hybridized carbons (Fsp3) is 0.481. The number of amides is 2. The Balaban J connectivity index is 1.66. The topological polar surface area (TPSA) is 105 Å². The summed E-state index contributed by atoms with van der Waals surface area (Å²) < 4.78 is 34.6. The lowest BCUT2D eigenvalue weighted by Gasteiger charge is -2.35. The van der Waals surface area contributed by atoms with Crippen LogP contribution in [0.25, 0.3) is 0 Å². The van der Waals surface area contributed by atoms with Crippen LogP contribution in [-0.2, 0) is 14.8 Å². The van der Waals surface area contributed by atoms with Crippen molar-refractivity contribution in [3.05, 3.63) is 58.1 Å². The number of anilines is 1. The third kappa shape index (κ3) is 7.46. The lowest BCUT2D eigenvalue weighted by Crippen LogP contribution is -2.46. The summed E-state index contributed by atoms with van der Waals surface area (Å²) in [6, 6.07) is 9.78. The number of nitrogens with zero attached hydrogens (tertiary/aromatic N) is 1. The highest BCUT2D eigenvalue weighted by molar-refractivity contribution is 7.89. The molecule has 0 aromatic heterocycles. The van der Waals surface area contributed by atoms with Gasteiger partial charge in [0.15, 0.2) is 0 Å². The Morgan fingerprint density at radius 1 is 1.08 bits per heavy atom. The van der Waals surface area contributed by atoms with Crippen LogP contribution in [0.15, 0.2) is 41.3 Å². The predicted octanol–water partition coefficient (Wildman–Crippen LogP) is 5.52. The average Bonchev–Trinajstić information content (AvgIpc) is 2.80. The Kier molecular flexibility index (Phi) is 8.93. The van der Waals surface area contributed by atoms with Crippen LogP contribution in [0.4, 0.5) is 10.5 Å². The molecule has 1 aliphatic heterocycles. The Morgan fingerprint density at radius 3 is 2.30 bits per heavy atom. The second-order valence-electron chi connectivity index (χ2n) is 10.6. The number of hydrogen-bond acceptors (Lipinski definition) is 5. The van der Waals surface area contributed by atoms with E-state index >= 15 is 0 Å². The lowest BCUT2D eigenvalue weighted by molar-refractivity contribution is 0.0174. The maximum absolute atomic E-state index is 13.2. The second-order valence-corrected chi connectivity index (χ2v) is 12.7. The molecular formula is C27H36ClN3O5S. The molecule has 202 valence electrons. The zero-order chi connectivity index (χ0) is 27.5. The molecule has 0 bridgehead atoms. The first kappa shape index (κ1) is 28.9. The van der Waals surface area contributed by atoms with Crippen LogP contribution >= 0.6 is 11.6 Å². The summed E-state index contributed by atoms with van der Waals surface area (Å²) >= 11 is 6.39. The van der Waals surface area contributed by atoms with Crippen molar-refractivity contribution in [3.8, 4) is 0 Å². The molecule has 2 N–H and O–H groups in total. The van der Waals surface area contributed by atoms with Gasteiger partial charge in [-0.1, -0.05) is 29.8 Å². The van der Waals surface area contributed by atoms with E-state index in [4.69, 9.17) is 16.3 Å². The molecule has 2 amide bonds. The molecular weight excluding hydrogens is 514 g/mol. The third-order valence-electron chi connectivity index (χ3n) is 6.45. The Bertz CT molecular complexity index is 1270. The minimum atomic E-state index is -3.92. The number of sulfonamides is 1. The summed E-state index contributed by atoms with van der Waals surface area (Å²) in [7, 11) is -3.92. The van der Waals surface area contributed by atoms with Gasteiger partial charge in [0.05, 0.1) is 5.02 Å². The summed E-state index contributed by atoms with van der Waals surface area (Å²) in [6.07, 6.45) is 0.954. The van der Waals surface area contributed by atoms with E-state index in [1.165, 1.54) is 12.1 Å². The molecule has 0 aliphatic carbocycles. The minimum absolute atomic E-state index is 0.0186. The van der Waals surface area contributed by atoms with E-state index in [1.54, 1.807) is 24.0 Å². The average molecular weight is 550 g/mol. The van der Waals surface area contributed by atoms with Gasteiger partial charge in [0.25, 0.3) is 5.91 Å². The fourth-order valence-corrected chi connectivity index (χ4v) is 6.25. The van der Waals surface area contributed by atoms with Gasteiger partial charge in [0.1, 0.15) is 10.5 Å². The molecule has 2 aromatic rings. The van der Waals surface area contributed by atoms with Gasteiger partial charge in [0, 0.05) is 30.4 Å². The molecule has 1 saturated heterocycles. The molecule has 8 nitrogen and oxygen atoms in total. The van der Waals surface area contributed by atoms with Crippen LogP contribution in [0.2, 0.25) is 5.02 Å². The lowest BCUT2D eigenvalue weighted by atomic mass is 9.91. The SMILES string of the molecule is Cc1cc(S(=O)(=O)NC(C)C2CCN(C(=O)OC(C)(C)C)CC2)c(Cl)cc1NC(=O)c1ccccc1C. The molecule has 1 unspecified atom stereocenters. The molecule has 37 heavy (non-hydrogen) atoms. The number of halogens is 1. The zero-order valence-corrected chi connectivity index (χ0v) is 23.8. The Morgan fingerprint density at radius 2 is 1.70 bits per heavy atom. The van der Waals surface area contributed by atoms with Crippen molar-refractivity contribution < 1.29 is 22.7 Å². The van der Waals surface area contributed by atoms with Crippen LogP contribution in [0, 0.1) is 19.8 Å². The normalized spacial score (nSPS) is 15.8. The highest BCUT2D eigenvalue weighted by atomic mass is 35.5. The molecule has 3 rings (SSSR count). The van der Waals surface area contributed by atoms with E-state index in [0.29, 0.717) is 42.7 Å². The number of nitrogens with one attached hydrogen (secondary N) is 2. The quantitative estimate of drug-likeness (QED) is 0.493. The first-order valence-electron chi connectivity index (χ1n) is 12.4. The van der Waals surface area contributed by atoms with E-state index in [0.717, 1.165) is 5.56 Å². The summed E-state index contributed by atoms with van der Waals surface area (Å²) in [6.45, 7) is 11.9. The number of likely N-dealkylation sites (tertiary alicyclic amines) is 1. The van der Waals surface area contributed by atoms with Crippen molar-refractivity contribution in [2.24, 2.45) is 5.92 Å². The van der Waals surface area contributed by atoms with Crippen molar-refractivity contribution >= 4 is 39.3 Å². The second kappa shape index (κ2) is 11.4. The molecule has 2 aromatic carbocycles. The van der Waals surface area contributed by atoms with Gasteiger partial charge in [-0.2, -0.15) is 0 Å². The monoisotopic (exact) mass is 549 g/mol. The number of ether oxygens (including phenoxy) is 1. The van der Waals surface area contributed by atoms with E-state index < -0.39 is 15.6 Å². The molecule has 1 atom stereocenters. The molecule has 1 heterocycles. The number of piperidine rings is 1. The maximum Gasteiger partial charge on any atom is 0.410 e. The third-order valence-corrected chi connectivity index (χ3v) is 8.47. The van der Waals surface area contributed by atoms with Crippen LogP contribution in [0.1, 0.15) is 62.0 Å². The smallest absolute Gasteiger partial charge is 0.410 e. The van der Waals surface area contributed by atoms with E-state index in [1.807, 2.05) is 46.8 Å². The van der Waals surface area contributed by atoms with E-state index in [-0.39, 0.29) is 33.9 Å².